The Kier molecular flexibility index (Phi) is 8.39. The molecule has 2 aromatic rings. The number of nitrogens with one attached hydrogen (secondary N) is 1. The fourth-order valence-corrected chi connectivity index (χ4v) is 5.39. The number of amides is 3. The van der Waals surface area contributed by atoms with Gasteiger partial charge in [-0.05, 0) is 54.8 Å². The molecule has 0 unspecified atom stereocenters. The van der Waals surface area contributed by atoms with Crippen LogP contribution in [-0.2, 0) is 16.0 Å². The van der Waals surface area contributed by atoms with Gasteiger partial charge in [0.15, 0.2) is 0 Å². The summed E-state index contributed by atoms with van der Waals surface area (Å²) in [5.74, 6) is -0.0730. The van der Waals surface area contributed by atoms with Crippen molar-refractivity contribution in [3.63, 3.8) is 0 Å². The number of halogens is 1. The van der Waals surface area contributed by atoms with Crippen molar-refractivity contribution in [1.29, 1.82) is 0 Å². The summed E-state index contributed by atoms with van der Waals surface area (Å²) in [6, 6.07) is 7.49. The minimum Gasteiger partial charge on any atom is -0.491 e. The second-order valence-electron chi connectivity index (χ2n) is 8.67. The highest BCUT2D eigenvalue weighted by molar-refractivity contribution is 7.10. The third-order valence-corrected chi connectivity index (χ3v) is 7.20. The Bertz CT molecular complexity index is 979. The van der Waals surface area contributed by atoms with Crippen molar-refractivity contribution in [3.8, 4) is 5.75 Å². The second kappa shape index (κ2) is 11.7. The Morgan fingerprint density at radius 2 is 2.24 bits per heavy atom. The second-order valence-corrected chi connectivity index (χ2v) is 9.67. The number of urea groups is 1. The van der Waals surface area contributed by atoms with E-state index in [4.69, 9.17) is 9.47 Å². The van der Waals surface area contributed by atoms with Crippen molar-refractivity contribution < 1.29 is 23.5 Å². The topological polar surface area (TPSA) is 71.1 Å². The number of hydrogen-bond acceptors (Lipinski definition) is 5. The molecular formula is C25H32FN3O4S. The van der Waals surface area contributed by atoms with E-state index >= 15 is 0 Å². The summed E-state index contributed by atoms with van der Waals surface area (Å²) in [6.45, 7) is 4.37. The zero-order chi connectivity index (χ0) is 23.9. The van der Waals surface area contributed by atoms with Crippen molar-refractivity contribution >= 4 is 23.3 Å². The maximum absolute atomic E-state index is 13.6. The van der Waals surface area contributed by atoms with E-state index in [1.807, 2.05) is 18.4 Å². The average Bonchev–Trinajstić information content (AvgIpc) is 3.52. The molecule has 3 amide bonds. The summed E-state index contributed by atoms with van der Waals surface area (Å²) >= 11 is 1.67. The average molecular weight is 490 g/mol. The molecule has 0 bridgehead atoms. The van der Waals surface area contributed by atoms with Gasteiger partial charge in [0.2, 0.25) is 5.91 Å². The van der Waals surface area contributed by atoms with Crippen LogP contribution in [0.4, 0.5) is 9.18 Å². The quantitative estimate of drug-likeness (QED) is 0.578. The molecule has 3 heterocycles. The molecule has 4 rings (SSSR count). The van der Waals surface area contributed by atoms with Crippen LogP contribution in [0.5, 0.6) is 5.75 Å². The first-order valence-corrected chi connectivity index (χ1v) is 12.8. The van der Waals surface area contributed by atoms with E-state index in [2.05, 4.69) is 5.32 Å². The molecule has 1 aromatic carbocycles. The van der Waals surface area contributed by atoms with Gasteiger partial charge in [-0.1, -0.05) is 13.0 Å². The van der Waals surface area contributed by atoms with E-state index in [1.165, 1.54) is 17.0 Å². The Hall–Kier alpha value is -2.65. The molecular weight excluding hydrogens is 457 g/mol. The maximum Gasteiger partial charge on any atom is 0.317 e. The molecule has 184 valence electrons. The monoisotopic (exact) mass is 489 g/mol. The molecule has 1 saturated heterocycles. The fraction of sp³-hybridized carbons (Fsp3) is 0.520. The third-order valence-electron chi connectivity index (χ3n) is 6.21. The van der Waals surface area contributed by atoms with Crippen molar-refractivity contribution in [2.75, 3.05) is 39.4 Å². The van der Waals surface area contributed by atoms with Gasteiger partial charge in [0.05, 0.1) is 12.1 Å². The van der Waals surface area contributed by atoms with Crippen molar-refractivity contribution in [2.24, 2.45) is 0 Å². The maximum atomic E-state index is 13.6. The van der Waals surface area contributed by atoms with E-state index in [0.29, 0.717) is 32.0 Å². The van der Waals surface area contributed by atoms with E-state index in [-0.39, 0.29) is 43.1 Å². The number of hydrogen-bond donors (Lipinski definition) is 1. The van der Waals surface area contributed by atoms with E-state index in [0.717, 1.165) is 31.2 Å². The van der Waals surface area contributed by atoms with Crippen LogP contribution < -0.4 is 10.1 Å². The smallest absolute Gasteiger partial charge is 0.317 e. The van der Waals surface area contributed by atoms with Gasteiger partial charge in [-0.25, -0.2) is 9.18 Å². The minimum absolute atomic E-state index is 0.0225. The summed E-state index contributed by atoms with van der Waals surface area (Å²) in [5.41, 5.74) is 1.06. The number of carbonyl (C=O) groups excluding carboxylic acids is 2. The highest BCUT2D eigenvalue weighted by Crippen LogP contribution is 2.34. The molecule has 34 heavy (non-hydrogen) atoms. The highest BCUT2D eigenvalue weighted by atomic mass is 32.1. The first kappa shape index (κ1) is 24.5. The molecule has 1 aromatic heterocycles. The lowest BCUT2D eigenvalue weighted by Crippen LogP contribution is -2.51. The Morgan fingerprint density at radius 3 is 3.00 bits per heavy atom. The van der Waals surface area contributed by atoms with E-state index in [9.17, 15) is 14.0 Å². The molecule has 9 heteroatoms. The molecule has 1 N–H and O–H groups in total. The fourth-order valence-electron chi connectivity index (χ4n) is 4.46. The predicted octanol–water partition coefficient (Wildman–Crippen LogP) is 3.99. The van der Waals surface area contributed by atoms with Gasteiger partial charge in [-0.2, -0.15) is 0 Å². The van der Waals surface area contributed by atoms with Crippen LogP contribution in [0.2, 0.25) is 0 Å². The number of thiophene rings is 1. The minimum atomic E-state index is -0.367. The van der Waals surface area contributed by atoms with Crippen molar-refractivity contribution in [1.82, 2.24) is 15.1 Å². The van der Waals surface area contributed by atoms with Crippen molar-refractivity contribution in [3.05, 3.63) is 52.0 Å². The van der Waals surface area contributed by atoms with Crippen LogP contribution in [-0.4, -0.2) is 67.2 Å². The molecule has 2 aliphatic rings. The zero-order valence-electron chi connectivity index (χ0n) is 19.5. The summed E-state index contributed by atoms with van der Waals surface area (Å²) in [5, 5.41) is 4.92. The number of benzene rings is 1. The van der Waals surface area contributed by atoms with Crippen LogP contribution in [0, 0.1) is 5.82 Å². The van der Waals surface area contributed by atoms with E-state index < -0.39 is 0 Å². The highest BCUT2D eigenvalue weighted by Gasteiger charge is 2.34. The molecule has 0 radical (unpaired) electrons. The van der Waals surface area contributed by atoms with Crippen LogP contribution in [0.25, 0.3) is 0 Å². The van der Waals surface area contributed by atoms with Gasteiger partial charge < -0.3 is 24.6 Å². The molecule has 2 atom stereocenters. The summed E-state index contributed by atoms with van der Waals surface area (Å²) in [6.07, 6.45) is 3.40. The zero-order valence-corrected chi connectivity index (χ0v) is 20.3. The molecule has 0 spiro atoms. The molecule has 1 fully saturated rings. The molecule has 0 aliphatic carbocycles. The van der Waals surface area contributed by atoms with Gasteiger partial charge in [0.25, 0.3) is 0 Å². The van der Waals surface area contributed by atoms with Crippen molar-refractivity contribution in [2.45, 2.75) is 44.8 Å². The van der Waals surface area contributed by atoms with Gasteiger partial charge in [0, 0.05) is 37.2 Å². The number of carbonyl (C=O) groups is 2. The van der Waals surface area contributed by atoms with Gasteiger partial charge in [0.1, 0.15) is 24.7 Å². The Labute approximate surface area is 203 Å². The van der Waals surface area contributed by atoms with Crippen LogP contribution in [0.1, 0.15) is 42.7 Å². The Balaban J connectivity index is 1.48. The molecule has 7 nitrogen and oxygen atoms in total. The van der Waals surface area contributed by atoms with Crippen LogP contribution >= 0.6 is 11.3 Å². The number of rotatable bonds is 9. The SMILES string of the molecule is CCCNC(=O)N(CC(=O)N1CCc2sccc2[C@@H]1COc1cccc(F)c1)C[C@H]1CCCO1. The largest absolute Gasteiger partial charge is 0.491 e. The summed E-state index contributed by atoms with van der Waals surface area (Å²) in [4.78, 5) is 30.9. The van der Waals surface area contributed by atoms with Gasteiger partial charge in [-0.3, -0.25) is 4.79 Å². The Morgan fingerprint density at radius 1 is 1.35 bits per heavy atom. The normalized spacial score (nSPS) is 19.5. The van der Waals surface area contributed by atoms with E-state index in [1.54, 1.807) is 33.3 Å². The number of ether oxygens (including phenoxy) is 2. The lowest BCUT2D eigenvalue weighted by Gasteiger charge is -2.37. The predicted molar refractivity (Wildman–Crippen MR) is 129 cm³/mol. The lowest BCUT2D eigenvalue weighted by molar-refractivity contribution is -0.135. The third kappa shape index (κ3) is 6.07. The number of nitrogens with zero attached hydrogens (tertiary/aromatic N) is 2. The lowest BCUT2D eigenvalue weighted by atomic mass is 10.0. The molecule has 0 saturated carbocycles. The number of fused-ring (bicyclic) bond motifs is 1. The van der Waals surface area contributed by atoms with Gasteiger partial charge >= 0.3 is 6.03 Å². The first-order valence-electron chi connectivity index (χ1n) is 11.9. The van der Waals surface area contributed by atoms with Gasteiger partial charge in [-0.15, -0.1) is 11.3 Å². The summed E-state index contributed by atoms with van der Waals surface area (Å²) < 4.78 is 25.2. The summed E-state index contributed by atoms with van der Waals surface area (Å²) in [7, 11) is 0. The van der Waals surface area contributed by atoms with Crippen LogP contribution in [0.3, 0.4) is 0 Å². The molecule has 2 aliphatic heterocycles. The first-order chi connectivity index (χ1) is 16.5. The standard InChI is InChI=1S/C25H32FN3O4S/c1-2-10-27-25(31)28(15-20-7-4-12-32-20)16-24(30)29-11-8-23-21(9-13-34-23)22(29)17-33-19-6-3-5-18(26)14-19/h3,5-6,9,13-14,20,22H,2,4,7-8,10-12,15-17H2,1H3,(H,27,31)/t20-,22+/m1/s1. The van der Waals surface area contributed by atoms with Crippen LogP contribution in [0.15, 0.2) is 35.7 Å².